The number of nitro benzene ring substituents is 1. The second-order valence-corrected chi connectivity index (χ2v) is 9.43. The molecule has 4 rings (SSSR count). The lowest BCUT2D eigenvalue weighted by Gasteiger charge is -2.30. The summed E-state index contributed by atoms with van der Waals surface area (Å²) in [5, 5.41) is 13.7. The molecule has 9 nitrogen and oxygen atoms in total. The van der Waals surface area contributed by atoms with Crippen molar-refractivity contribution >= 4 is 50.4 Å². The van der Waals surface area contributed by atoms with E-state index < -0.39 is 20.9 Å². The molecular formula is C20H19ClN4O5S. The van der Waals surface area contributed by atoms with Gasteiger partial charge in [0, 0.05) is 25.1 Å². The van der Waals surface area contributed by atoms with Crippen molar-refractivity contribution in [1.82, 2.24) is 0 Å². The first-order valence-corrected chi connectivity index (χ1v) is 11.5. The van der Waals surface area contributed by atoms with E-state index in [9.17, 15) is 23.3 Å². The Morgan fingerprint density at radius 3 is 2.74 bits per heavy atom. The summed E-state index contributed by atoms with van der Waals surface area (Å²) < 4.78 is 29.6. The number of rotatable bonds is 3. The lowest BCUT2D eigenvalue weighted by molar-refractivity contribution is -0.384. The number of halogens is 1. The van der Waals surface area contributed by atoms with Crippen LogP contribution in [-0.2, 0) is 10.0 Å². The van der Waals surface area contributed by atoms with Gasteiger partial charge in [0.2, 0.25) is 0 Å². The molecule has 0 unspecified atom stereocenters. The number of nitrogens with one attached hydrogen (secondary N) is 1. The second kappa shape index (κ2) is 7.93. The van der Waals surface area contributed by atoms with Gasteiger partial charge in [0.25, 0.3) is 21.6 Å². The number of sulfonamides is 1. The van der Waals surface area contributed by atoms with E-state index in [1.165, 1.54) is 30.3 Å². The Balaban J connectivity index is 1.74. The fourth-order valence-electron chi connectivity index (χ4n) is 3.72. The molecule has 1 fully saturated rings. The average Bonchev–Trinajstić information content (AvgIpc) is 2.93. The van der Waals surface area contributed by atoms with E-state index in [0.29, 0.717) is 30.1 Å². The summed E-state index contributed by atoms with van der Waals surface area (Å²) in [5.41, 5.74) is 1.04. The van der Waals surface area contributed by atoms with Gasteiger partial charge >= 0.3 is 0 Å². The van der Waals surface area contributed by atoms with Gasteiger partial charge in [0.05, 0.1) is 26.9 Å². The van der Waals surface area contributed by atoms with Crippen LogP contribution in [0.1, 0.15) is 41.6 Å². The van der Waals surface area contributed by atoms with Crippen molar-refractivity contribution in [2.75, 3.05) is 16.8 Å². The van der Waals surface area contributed by atoms with Crippen LogP contribution in [0, 0.1) is 17.0 Å². The van der Waals surface area contributed by atoms with Crippen LogP contribution in [0.3, 0.4) is 0 Å². The lowest BCUT2D eigenvalue weighted by Crippen LogP contribution is -2.35. The minimum Gasteiger partial charge on any atom is -0.328 e. The van der Waals surface area contributed by atoms with Crippen LogP contribution in [0.4, 0.5) is 17.1 Å². The highest BCUT2D eigenvalue weighted by Crippen LogP contribution is 2.38. The molecule has 1 saturated heterocycles. The third kappa shape index (κ3) is 4.00. The fourth-order valence-corrected chi connectivity index (χ4v) is 5.23. The Kier molecular flexibility index (Phi) is 5.44. The van der Waals surface area contributed by atoms with Gasteiger partial charge in [-0.2, -0.15) is 8.42 Å². The van der Waals surface area contributed by atoms with Gasteiger partial charge in [-0.15, -0.1) is 4.40 Å². The van der Waals surface area contributed by atoms with E-state index in [4.69, 9.17) is 11.6 Å². The van der Waals surface area contributed by atoms with Crippen LogP contribution < -0.4 is 10.2 Å². The molecule has 0 aliphatic carbocycles. The summed E-state index contributed by atoms with van der Waals surface area (Å²) in [6.45, 7) is 2.31. The molecule has 2 aliphatic rings. The summed E-state index contributed by atoms with van der Waals surface area (Å²) in [7, 11) is -3.98. The third-order valence-electron chi connectivity index (χ3n) is 5.36. The zero-order chi connectivity index (χ0) is 22.3. The van der Waals surface area contributed by atoms with Crippen molar-refractivity contribution in [2.24, 2.45) is 4.40 Å². The van der Waals surface area contributed by atoms with Crippen molar-refractivity contribution in [2.45, 2.75) is 37.5 Å². The zero-order valence-electron chi connectivity index (χ0n) is 16.6. The summed E-state index contributed by atoms with van der Waals surface area (Å²) in [6, 6.07) is 6.79. The number of benzene rings is 2. The third-order valence-corrected chi connectivity index (χ3v) is 7.01. The number of anilines is 2. The van der Waals surface area contributed by atoms with Gasteiger partial charge in [0.1, 0.15) is 10.7 Å². The maximum Gasteiger partial charge on any atom is 0.286 e. The molecule has 0 atom stereocenters. The predicted molar refractivity (Wildman–Crippen MR) is 118 cm³/mol. The van der Waals surface area contributed by atoms with Crippen LogP contribution in [0.25, 0.3) is 0 Å². The van der Waals surface area contributed by atoms with Crippen LogP contribution in [0.5, 0.6) is 0 Å². The quantitative estimate of drug-likeness (QED) is 0.536. The zero-order valence-corrected chi connectivity index (χ0v) is 18.2. The first-order chi connectivity index (χ1) is 14.7. The highest BCUT2D eigenvalue weighted by atomic mass is 35.5. The maximum atomic E-state index is 12.9. The minimum absolute atomic E-state index is 0.0524. The Morgan fingerprint density at radius 2 is 2.00 bits per heavy atom. The summed E-state index contributed by atoms with van der Waals surface area (Å²) in [4.78, 5) is 25.1. The van der Waals surface area contributed by atoms with Gasteiger partial charge in [-0.3, -0.25) is 14.9 Å². The van der Waals surface area contributed by atoms with Gasteiger partial charge < -0.3 is 10.2 Å². The van der Waals surface area contributed by atoms with E-state index in [2.05, 4.69) is 9.71 Å². The Bertz CT molecular complexity index is 1240. The molecule has 0 saturated carbocycles. The van der Waals surface area contributed by atoms with Crippen LogP contribution in [0.2, 0.25) is 5.02 Å². The molecule has 2 aromatic carbocycles. The molecule has 0 bridgehead atoms. The monoisotopic (exact) mass is 462 g/mol. The van der Waals surface area contributed by atoms with Gasteiger partial charge in [-0.05, 0) is 37.5 Å². The van der Waals surface area contributed by atoms with Gasteiger partial charge in [-0.1, -0.05) is 24.1 Å². The van der Waals surface area contributed by atoms with E-state index in [1.54, 1.807) is 6.92 Å². The SMILES string of the molecule is Cc1ccc([N+](=O)[O-])cc1NC(=O)c1cc2c(cc1Cl)N1CCCCCC1=NS2(=O)=O. The number of nitro groups is 1. The van der Waals surface area contributed by atoms with Gasteiger partial charge in [-0.25, -0.2) is 0 Å². The highest BCUT2D eigenvalue weighted by Gasteiger charge is 2.33. The number of carbonyl (C=O) groups is 1. The minimum atomic E-state index is -3.98. The molecule has 31 heavy (non-hydrogen) atoms. The first kappa shape index (κ1) is 21.3. The maximum absolute atomic E-state index is 12.9. The Labute approximate surface area is 183 Å². The Hall–Kier alpha value is -2.98. The van der Waals surface area contributed by atoms with Crippen LogP contribution in [0.15, 0.2) is 39.6 Å². The molecule has 1 amide bonds. The number of fused-ring (bicyclic) bond motifs is 3. The molecule has 0 aromatic heterocycles. The number of hydrogen-bond donors (Lipinski definition) is 1. The molecule has 2 aliphatic heterocycles. The number of amidine groups is 1. The predicted octanol–water partition coefficient (Wildman–Crippen LogP) is 4.29. The first-order valence-electron chi connectivity index (χ1n) is 9.69. The second-order valence-electron chi connectivity index (χ2n) is 7.46. The van der Waals surface area contributed by atoms with E-state index in [-0.39, 0.29) is 26.9 Å². The van der Waals surface area contributed by atoms with Gasteiger partial charge in [0.15, 0.2) is 0 Å². The highest BCUT2D eigenvalue weighted by molar-refractivity contribution is 7.90. The molecule has 162 valence electrons. The number of aryl methyl sites for hydroxylation is 1. The topological polar surface area (TPSA) is 122 Å². The number of carbonyl (C=O) groups excluding carboxylic acids is 1. The molecule has 1 N–H and O–H groups in total. The van der Waals surface area contributed by atoms with E-state index >= 15 is 0 Å². The Morgan fingerprint density at radius 1 is 1.23 bits per heavy atom. The number of amides is 1. The number of nitrogens with zero attached hydrogens (tertiary/aromatic N) is 3. The summed E-state index contributed by atoms with van der Waals surface area (Å²) in [5.74, 6) is -0.178. The molecule has 0 spiro atoms. The van der Waals surface area contributed by atoms with E-state index in [1.807, 2.05) is 4.90 Å². The van der Waals surface area contributed by atoms with Crippen molar-refractivity contribution in [1.29, 1.82) is 0 Å². The number of non-ortho nitro benzene ring substituents is 1. The number of hydrogen-bond acceptors (Lipinski definition) is 6. The van der Waals surface area contributed by atoms with Crippen LogP contribution in [-0.4, -0.2) is 31.6 Å². The van der Waals surface area contributed by atoms with E-state index in [0.717, 1.165) is 19.3 Å². The fraction of sp³-hybridized carbons (Fsp3) is 0.300. The summed E-state index contributed by atoms with van der Waals surface area (Å²) in [6.07, 6.45) is 3.29. The van der Waals surface area contributed by atoms with Crippen molar-refractivity contribution in [3.63, 3.8) is 0 Å². The standard InChI is InChI=1S/C20H19ClN4O5S/c1-12-6-7-13(25(27)28)9-16(12)22-20(26)14-10-18-17(11-15(14)21)24-8-4-2-3-5-19(24)23-31(18,29)30/h6-7,9-11H,2-5,8H2,1H3,(H,22,26). The molecule has 2 heterocycles. The lowest BCUT2D eigenvalue weighted by atomic mass is 10.1. The molecule has 0 radical (unpaired) electrons. The van der Waals surface area contributed by atoms with Crippen LogP contribution >= 0.6 is 11.6 Å². The van der Waals surface area contributed by atoms with Crippen molar-refractivity contribution in [3.05, 3.63) is 56.6 Å². The average molecular weight is 463 g/mol. The molecular weight excluding hydrogens is 444 g/mol. The molecule has 2 aromatic rings. The summed E-state index contributed by atoms with van der Waals surface area (Å²) >= 11 is 6.38. The normalized spacial score (nSPS) is 17.1. The molecule has 11 heteroatoms. The van der Waals surface area contributed by atoms with Crippen molar-refractivity contribution < 1.29 is 18.1 Å². The largest absolute Gasteiger partial charge is 0.328 e. The van der Waals surface area contributed by atoms with Crippen molar-refractivity contribution in [3.8, 4) is 0 Å². The smallest absolute Gasteiger partial charge is 0.286 e.